The summed E-state index contributed by atoms with van der Waals surface area (Å²) in [4.78, 5) is 14.4. The predicted molar refractivity (Wildman–Crippen MR) is 120 cm³/mol. The SMILES string of the molecule is O=C(c1ccc(OS(=O)(=O)C(F)(F)F)cc1)N1CCC2(CC1)Oc1ccccc1-n1c(C(F)(F)F)ccc12. The van der Waals surface area contributed by atoms with Gasteiger partial charge in [-0.2, -0.15) is 34.8 Å². The van der Waals surface area contributed by atoms with Crippen LogP contribution in [0.3, 0.4) is 0 Å². The highest BCUT2D eigenvalue weighted by Gasteiger charge is 2.49. The number of nitrogens with zero attached hydrogens (tertiary/aromatic N) is 2. The van der Waals surface area contributed by atoms with Crippen LogP contribution in [0.4, 0.5) is 26.3 Å². The molecule has 38 heavy (non-hydrogen) atoms. The smallest absolute Gasteiger partial charge is 0.479 e. The van der Waals surface area contributed by atoms with E-state index in [1.807, 2.05) is 0 Å². The third-order valence-electron chi connectivity index (χ3n) is 6.50. The molecule has 1 spiro atoms. The van der Waals surface area contributed by atoms with Crippen molar-refractivity contribution >= 4 is 16.0 Å². The number of hydrogen-bond donors (Lipinski definition) is 0. The van der Waals surface area contributed by atoms with Crippen LogP contribution in [0.25, 0.3) is 5.69 Å². The number of halogens is 6. The molecule has 0 atom stereocenters. The number of ether oxygens (including phenoxy) is 1. The Morgan fingerprint density at radius 1 is 0.895 bits per heavy atom. The largest absolute Gasteiger partial charge is 0.534 e. The fraction of sp³-hybridized carbons (Fsp3) is 0.292. The quantitative estimate of drug-likeness (QED) is 0.249. The summed E-state index contributed by atoms with van der Waals surface area (Å²) in [6, 6.07) is 12.9. The van der Waals surface area contributed by atoms with E-state index in [0.29, 0.717) is 5.69 Å². The highest BCUT2D eigenvalue weighted by atomic mass is 32.2. The van der Waals surface area contributed by atoms with Crippen molar-refractivity contribution in [2.75, 3.05) is 13.1 Å². The molecule has 3 heterocycles. The Bertz CT molecular complexity index is 1490. The Labute approximate surface area is 212 Å². The van der Waals surface area contributed by atoms with Crippen LogP contribution in [-0.2, 0) is 21.9 Å². The molecule has 1 amide bonds. The van der Waals surface area contributed by atoms with Gasteiger partial charge in [-0.15, -0.1) is 0 Å². The molecule has 14 heteroatoms. The van der Waals surface area contributed by atoms with Gasteiger partial charge in [-0.3, -0.25) is 4.79 Å². The first-order chi connectivity index (χ1) is 17.7. The van der Waals surface area contributed by atoms with Gasteiger partial charge < -0.3 is 18.4 Å². The van der Waals surface area contributed by atoms with Crippen LogP contribution in [0.15, 0.2) is 60.7 Å². The molecular weight excluding hydrogens is 542 g/mol. The van der Waals surface area contributed by atoms with E-state index >= 15 is 0 Å². The topological polar surface area (TPSA) is 77.8 Å². The highest BCUT2D eigenvalue weighted by molar-refractivity contribution is 7.88. The van der Waals surface area contributed by atoms with Crippen molar-refractivity contribution < 1.29 is 48.5 Å². The minimum absolute atomic E-state index is 0.0651. The van der Waals surface area contributed by atoms with Gasteiger partial charge in [-0.05, 0) is 48.5 Å². The number of aromatic nitrogens is 1. The van der Waals surface area contributed by atoms with E-state index in [2.05, 4.69) is 4.18 Å². The van der Waals surface area contributed by atoms with Crippen molar-refractivity contribution in [3.8, 4) is 17.2 Å². The normalized spacial score (nSPS) is 16.9. The molecule has 1 aromatic heterocycles. The highest BCUT2D eigenvalue weighted by Crippen LogP contribution is 2.48. The number of carbonyl (C=O) groups excluding carboxylic acids is 1. The van der Waals surface area contributed by atoms with Gasteiger partial charge in [0.05, 0.1) is 11.4 Å². The minimum atomic E-state index is -5.86. The van der Waals surface area contributed by atoms with Gasteiger partial charge in [0.1, 0.15) is 17.2 Å². The van der Waals surface area contributed by atoms with Crippen LogP contribution in [-0.4, -0.2) is 42.4 Å². The van der Waals surface area contributed by atoms with Gasteiger partial charge in [0.15, 0.2) is 5.60 Å². The van der Waals surface area contributed by atoms with Gasteiger partial charge in [0.25, 0.3) is 5.91 Å². The Kier molecular flexibility index (Phi) is 5.93. The second-order valence-corrected chi connectivity index (χ2v) is 10.3. The number of amides is 1. The average Bonchev–Trinajstić information content (AvgIpc) is 3.31. The number of piperidine rings is 1. The lowest BCUT2D eigenvalue weighted by atomic mass is 9.86. The third-order valence-corrected chi connectivity index (χ3v) is 7.48. The Morgan fingerprint density at radius 2 is 1.53 bits per heavy atom. The zero-order chi connectivity index (χ0) is 27.5. The molecule has 0 unspecified atom stereocenters. The first-order valence-corrected chi connectivity index (χ1v) is 12.6. The zero-order valence-corrected chi connectivity index (χ0v) is 20.0. The van der Waals surface area contributed by atoms with Crippen molar-refractivity contribution in [2.45, 2.75) is 30.1 Å². The average molecular weight is 560 g/mol. The number of benzene rings is 2. The van der Waals surface area contributed by atoms with Gasteiger partial charge in [-0.25, -0.2) is 0 Å². The number of fused-ring (bicyclic) bond motifs is 4. The molecule has 0 radical (unpaired) electrons. The molecule has 202 valence electrons. The lowest BCUT2D eigenvalue weighted by molar-refractivity contribution is -0.143. The molecule has 2 aliphatic rings. The molecule has 1 saturated heterocycles. The molecule has 0 bridgehead atoms. The number of para-hydroxylation sites is 2. The van der Waals surface area contributed by atoms with Crippen LogP contribution in [0.5, 0.6) is 11.5 Å². The lowest BCUT2D eigenvalue weighted by Gasteiger charge is -2.45. The van der Waals surface area contributed by atoms with Crippen molar-refractivity contribution in [3.63, 3.8) is 0 Å². The summed E-state index contributed by atoms with van der Waals surface area (Å²) < 4.78 is 113. The standard InChI is InChI=1S/C24H18F6N2O5S/c25-23(26,27)20-10-9-19-22(36-18-4-2-1-3-17(18)32(19)20)11-13-31(14-12-22)21(33)15-5-7-16(8-6-15)37-38(34,35)24(28,29)30/h1-10H,11-14H2. The summed E-state index contributed by atoms with van der Waals surface area (Å²) in [5.74, 6) is -0.828. The number of rotatable bonds is 3. The maximum Gasteiger partial charge on any atom is 0.534 e. The van der Waals surface area contributed by atoms with Crippen molar-refractivity contribution in [2.24, 2.45) is 0 Å². The zero-order valence-electron chi connectivity index (χ0n) is 19.2. The van der Waals surface area contributed by atoms with Crippen LogP contribution in [0.2, 0.25) is 0 Å². The Hall–Kier alpha value is -3.68. The number of likely N-dealkylation sites (tertiary alicyclic amines) is 1. The molecule has 5 rings (SSSR count). The maximum absolute atomic E-state index is 13.8. The first kappa shape index (κ1) is 25.9. The van der Waals surface area contributed by atoms with Gasteiger partial charge in [0, 0.05) is 31.5 Å². The number of carbonyl (C=O) groups is 1. The van der Waals surface area contributed by atoms with E-state index in [1.165, 1.54) is 17.0 Å². The second-order valence-electron chi connectivity index (χ2n) is 8.80. The van der Waals surface area contributed by atoms with E-state index in [0.717, 1.165) is 34.9 Å². The van der Waals surface area contributed by atoms with E-state index in [9.17, 15) is 39.6 Å². The van der Waals surface area contributed by atoms with Gasteiger partial charge in [-0.1, -0.05) is 12.1 Å². The minimum Gasteiger partial charge on any atom is -0.479 e. The third kappa shape index (κ3) is 4.36. The van der Waals surface area contributed by atoms with Crippen LogP contribution < -0.4 is 8.92 Å². The van der Waals surface area contributed by atoms with Crippen LogP contribution >= 0.6 is 0 Å². The summed E-state index contributed by atoms with van der Waals surface area (Å²) in [5, 5.41) is 0. The Morgan fingerprint density at radius 3 is 2.13 bits per heavy atom. The molecule has 0 saturated carbocycles. The Balaban J connectivity index is 1.35. The van der Waals surface area contributed by atoms with Gasteiger partial charge in [0.2, 0.25) is 0 Å². The van der Waals surface area contributed by atoms with E-state index in [4.69, 9.17) is 4.74 Å². The molecular formula is C24H18F6N2O5S. The molecule has 1 fully saturated rings. The molecule has 0 aliphatic carbocycles. The fourth-order valence-electron chi connectivity index (χ4n) is 4.70. The molecule has 7 nitrogen and oxygen atoms in total. The van der Waals surface area contributed by atoms with Crippen molar-refractivity contribution in [1.82, 2.24) is 9.47 Å². The summed E-state index contributed by atoms with van der Waals surface area (Å²) in [5.41, 5.74) is -6.90. The maximum atomic E-state index is 13.8. The molecule has 2 aromatic carbocycles. The first-order valence-electron chi connectivity index (χ1n) is 11.2. The van der Waals surface area contributed by atoms with Gasteiger partial charge >= 0.3 is 21.8 Å². The predicted octanol–water partition coefficient (Wildman–Crippen LogP) is 5.25. The van der Waals surface area contributed by atoms with E-state index in [1.54, 1.807) is 18.2 Å². The van der Waals surface area contributed by atoms with Crippen LogP contribution in [0.1, 0.15) is 34.6 Å². The van der Waals surface area contributed by atoms with Crippen LogP contribution in [0, 0.1) is 0 Å². The number of alkyl halides is 6. The molecule has 2 aliphatic heterocycles. The van der Waals surface area contributed by atoms with E-state index in [-0.39, 0.29) is 42.9 Å². The van der Waals surface area contributed by atoms with Crippen molar-refractivity contribution in [1.29, 1.82) is 0 Å². The molecule has 3 aromatic rings. The molecule has 0 N–H and O–H groups in total. The summed E-state index contributed by atoms with van der Waals surface area (Å²) in [6.07, 6.45) is -4.24. The summed E-state index contributed by atoms with van der Waals surface area (Å²) in [7, 11) is -5.86. The van der Waals surface area contributed by atoms with Crippen molar-refractivity contribution in [3.05, 3.63) is 77.6 Å². The summed E-state index contributed by atoms with van der Waals surface area (Å²) >= 11 is 0. The lowest BCUT2D eigenvalue weighted by Crippen LogP contribution is -2.50. The van der Waals surface area contributed by atoms with E-state index < -0.39 is 44.8 Å². The number of hydrogen-bond acceptors (Lipinski definition) is 5. The fourth-order valence-corrected chi connectivity index (χ4v) is 5.16. The monoisotopic (exact) mass is 560 g/mol. The second kappa shape index (κ2) is 8.68. The summed E-state index contributed by atoms with van der Waals surface area (Å²) in [6.45, 7) is 0.239.